The SMILES string of the molecule is FC(F)(F)c1ccc(Oc2ccccc2CCl)cc1. The lowest BCUT2D eigenvalue weighted by atomic mass is 10.2. The Balaban J connectivity index is 2.20. The van der Waals surface area contributed by atoms with Gasteiger partial charge in [0.05, 0.1) is 11.4 Å². The van der Waals surface area contributed by atoms with Crippen LogP contribution in [0, 0.1) is 0 Å². The molecule has 0 heterocycles. The van der Waals surface area contributed by atoms with Crippen molar-refractivity contribution in [3.63, 3.8) is 0 Å². The van der Waals surface area contributed by atoms with Gasteiger partial charge < -0.3 is 4.74 Å². The monoisotopic (exact) mass is 286 g/mol. The van der Waals surface area contributed by atoms with Crippen LogP contribution in [0.3, 0.4) is 0 Å². The van der Waals surface area contributed by atoms with Gasteiger partial charge in [-0.15, -0.1) is 11.6 Å². The predicted octanol–water partition coefficient (Wildman–Crippen LogP) is 5.24. The Morgan fingerprint density at radius 1 is 0.947 bits per heavy atom. The first-order valence-corrected chi connectivity index (χ1v) is 6.03. The molecule has 5 heteroatoms. The van der Waals surface area contributed by atoms with Crippen molar-refractivity contribution < 1.29 is 17.9 Å². The highest BCUT2D eigenvalue weighted by Crippen LogP contribution is 2.32. The predicted molar refractivity (Wildman–Crippen MR) is 67.5 cm³/mol. The van der Waals surface area contributed by atoms with Crippen molar-refractivity contribution in [1.29, 1.82) is 0 Å². The van der Waals surface area contributed by atoms with E-state index < -0.39 is 11.7 Å². The number of hydrogen-bond acceptors (Lipinski definition) is 1. The highest BCUT2D eigenvalue weighted by atomic mass is 35.5. The number of alkyl halides is 4. The molecule has 2 rings (SSSR count). The third-order valence-corrected chi connectivity index (χ3v) is 2.81. The van der Waals surface area contributed by atoms with Crippen LogP contribution in [-0.4, -0.2) is 0 Å². The Morgan fingerprint density at radius 2 is 1.58 bits per heavy atom. The summed E-state index contributed by atoms with van der Waals surface area (Å²) in [5, 5.41) is 0. The van der Waals surface area contributed by atoms with Gasteiger partial charge in [0.15, 0.2) is 0 Å². The molecule has 0 aromatic heterocycles. The minimum atomic E-state index is -4.34. The number of halogens is 4. The van der Waals surface area contributed by atoms with Crippen LogP contribution in [0.4, 0.5) is 13.2 Å². The summed E-state index contributed by atoms with van der Waals surface area (Å²) in [6.07, 6.45) is -4.34. The summed E-state index contributed by atoms with van der Waals surface area (Å²) in [6.45, 7) is 0. The van der Waals surface area contributed by atoms with E-state index in [-0.39, 0.29) is 5.88 Å². The number of hydrogen-bond donors (Lipinski definition) is 0. The molecule has 2 aromatic carbocycles. The van der Waals surface area contributed by atoms with E-state index in [2.05, 4.69) is 0 Å². The van der Waals surface area contributed by atoms with Gasteiger partial charge in [0, 0.05) is 5.56 Å². The Morgan fingerprint density at radius 3 is 2.16 bits per heavy atom. The van der Waals surface area contributed by atoms with Crippen LogP contribution in [0.2, 0.25) is 0 Å². The summed E-state index contributed by atoms with van der Waals surface area (Å²) in [5.41, 5.74) is 0.0783. The van der Waals surface area contributed by atoms with Gasteiger partial charge in [-0.2, -0.15) is 13.2 Å². The molecule has 0 atom stereocenters. The van der Waals surface area contributed by atoms with Crippen LogP contribution < -0.4 is 4.74 Å². The van der Waals surface area contributed by atoms with E-state index in [0.717, 1.165) is 17.7 Å². The maximum atomic E-state index is 12.4. The molecule has 0 aliphatic rings. The Labute approximate surface area is 113 Å². The molecule has 0 aliphatic heterocycles. The molecule has 0 saturated heterocycles. The number of para-hydroxylation sites is 1. The van der Waals surface area contributed by atoms with E-state index in [0.29, 0.717) is 11.5 Å². The van der Waals surface area contributed by atoms with Gasteiger partial charge in [-0.05, 0) is 30.3 Å². The van der Waals surface area contributed by atoms with Crippen molar-refractivity contribution in [3.05, 3.63) is 59.7 Å². The van der Waals surface area contributed by atoms with Crippen molar-refractivity contribution >= 4 is 11.6 Å². The van der Waals surface area contributed by atoms with E-state index in [4.69, 9.17) is 16.3 Å². The molecule has 2 aromatic rings. The normalized spacial score (nSPS) is 11.4. The zero-order chi connectivity index (χ0) is 13.9. The maximum absolute atomic E-state index is 12.4. The van der Waals surface area contributed by atoms with Crippen molar-refractivity contribution in [2.24, 2.45) is 0 Å². The lowest BCUT2D eigenvalue weighted by Crippen LogP contribution is -2.04. The van der Waals surface area contributed by atoms with Crippen LogP contribution in [0.15, 0.2) is 48.5 Å². The molecule has 0 radical (unpaired) electrons. The number of benzene rings is 2. The van der Waals surface area contributed by atoms with Gasteiger partial charge in [-0.3, -0.25) is 0 Å². The molecule has 19 heavy (non-hydrogen) atoms. The summed E-state index contributed by atoms with van der Waals surface area (Å²) >= 11 is 5.75. The molecular weight excluding hydrogens is 277 g/mol. The first kappa shape index (κ1) is 13.7. The molecule has 0 spiro atoms. The van der Waals surface area contributed by atoms with Gasteiger partial charge in [-0.1, -0.05) is 18.2 Å². The summed E-state index contributed by atoms with van der Waals surface area (Å²) in [5.74, 6) is 1.15. The third kappa shape index (κ3) is 3.41. The van der Waals surface area contributed by atoms with Crippen LogP contribution in [0.25, 0.3) is 0 Å². The van der Waals surface area contributed by atoms with E-state index >= 15 is 0 Å². The maximum Gasteiger partial charge on any atom is 0.416 e. The van der Waals surface area contributed by atoms with E-state index in [9.17, 15) is 13.2 Å². The van der Waals surface area contributed by atoms with E-state index in [1.807, 2.05) is 6.07 Å². The molecule has 0 bridgehead atoms. The van der Waals surface area contributed by atoms with Crippen LogP contribution in [0.1, 0.15) is 11.1 Å². The second-order valence-corrected chi connectivity index (χ2v) is 4.13. The zero-order valence-corrected chi connectivity index (χ0v) is 10.5. The molecule has 0 N–H and O–H groups in total. The molecule has 100 valence electrons. The zero-order valence-electron chi connectivity index (χ0n) is 9.75. The second kappa shape index (κ2) is 5.53. The molecule has 0 unspecified atom stereocenters. The lowest BCUT2D eigenvalue weighted by Gasteiger charge is -2.11. The number of ether oxygens (including phenoxy) is 1. The quantitative estimate of drug-likeness (QED) is 0.701. The smallest absolute Gasteiger partial charge is 0.416 e. The molecular formula is C14H10ClF3O. The lowest BCUT2D eigenvalue weighted by molar-refractivity contribution is -0.137. The minimum absolute atomic E-state index is 0.275. The Kier molecular flexibility index (Phi) is 4.00. The average Bonchev–Trinajstić information content (AvgIpc) is 2.39. The molecule has 0 amide bonds. The number of rotatable bonds is 3. The van der Waals surface area contributed by atoms with Crippen LogP contribution in [0.5, 0.6) is 11.5 Å². The molecule has 0 aliphatic carbocycles. The standard InChI is InChI=1S/C14H10ClF3O/c15-9-10-3-1-2-4-13(10)19-12-7-5-11(6-8-12)14(16,17)18/h1-8H,9H2. The fourth-order valence-corrected chi connectivity index (χ4v) is 1.77. The summed E-state index contributed by atoms with van der Waals surface area (Å²) in [7, 11) is 0. The van der Waals surface area contributed by atoms with E-state index in [1.165, 1.54) is 12.1 Å². The summed E-state index contributed by atoms with van der Waals surface area (Å²) in [6, 6.07) is 11.6. The van der Waals surface area contributed by atoms with Crippen molar-refractivity contribution in [2.45, 2.75) is 12.1 Å². The van der Waals surface area contributed by atoms with Gasteiger partial charge in [-0.25, -0.2) is 0 Å². The molecule has 1 nitrogen and oxygen atoms in total. The van der Waals surface area contributed by atoms with Crippen LogP contribution >= 0.6 is 11.6 Å². The van der Waals surface area contributed by atoms with E-state index in [1.54, 1.807) is 18.2 Å². The second-order valence-electron chi connectivity index (χ2n) is 3.87. The van der Waals surface area contributed by atoms with Gasteiger partial charge in [0.25, 0.3) is 0 Å². The minimum Gasteiger partial charge on any atom is -0.457 e. The molecule has 0 saturated carbocycles. The summed E-state index contributed by atoms with van der Waals surface area (Å²) in [4.78, 5) is 0. The highest BCUT2D eigenvalue weighted by Gasteiger charge is 2.30. The van der Waals surface area contributed by atoms with Gasteiger partial charge in [0.2, 0.25) is 0 Å². The largest absolute Gasteiger partial charge is 0.457 e. The summed E-state index contributed by atoms with van der Waals surface area (Å²) < 4.78 is 42.7. The first-order valence-electron chi connectivity index (χ1n) is 5.49. The van der Waals surface area contributed by atoms with Gasteiger partial charge >= 0.3 is 6.18 Å². The van der Waals surface area contributed by atoms with Crippen molar-refractivity contribution in [3.8, 4) is 11.5 Å². The topological polar surface area (TPSA) is 9.23 Å². The fourth-order valence-electron chi connectivity index (χ4n) is 1.55. The third-order valence-electron chi connectivity index (χ3n) is 2.53. The van der Waals surface area contributed by atoms with Gasteiger partial charge in [0.1, 0.15) is 11.5 Å². The average molecular weight is 287 g/mol. The Hall–Kier alpha value is -1.68. The first-order chi connectivity index (χ1) is 9.00. The van der Waals surface area contributed by atoms with Crippen LogP contribution in [-0.2, 0) is 12.1 Å². The molecule has 0 fully saturated rings. The van der Waals surface area contributed by atoms with Crippen molar-refractivity contribution in [2.75, 3.05) is 0 Å². The highest BCUT2D eigenvalue weighted by molar-refractivity contribution is 6.17. The van der Waals surface area contributed by atoms with Crippen molar-refractivity contribution in [1.82, 2.24) is 0 Å². The fraction of sp³-hybridized carbons (Fsp3) is 0.143. The Bertz CT molecular complexity index is 549.